The molecule has 0 saturated heterocycles. The highest BCUT2D eigenvalue weighted by Gasteiger charge is 1.99. The number of hydrogen-bond donors (Lipinski definition) is 1. The van der Waals surface area contributed by atoms with Crippen molar-refractivity contribution in [2.24, 2.45) is 5.73 Å². The average molecular weight is 255 g/mol. The van der Waals surface area contributed by atoms with Crippen LogP contribution in [-0.4, -0.2) is 12.5 Å². The second kappa shape index (κ2) is 6.59. The van der Waals surface area contributed by atoms with Gasteiger partial charge in [0.15, 0.2) is 0 Å². The zero-order valence-electron chi connectivity index (χ0n) is 10.7. The monoisotopic (exact) mass is 255 g/mol. The molecule has 1 amide bonds. The second-order valence-electron chi connectivity index (χ2n) is 4.37. The van der Waals surface area contributed by atoms with E-state index >= 15 is 0 Å². The van der Waals surface area contributed by atoms with Crippen LogP contribution in [0, 0.1) is 0 Å². The fourth-order valence-electron chi connectivity index (χ4n) is 1.84. The molecular formula is C16H17NO2. The van der Waals surface area contributed by atoms with Gasteiger partial charge < -0.3 is 10.5 Å². The van der Waals surface area contributed by atoms with E-state index in [0.29, 0.717) is 6.61 Å². The summed E-state index contributed by atoms with van der Waals surface area (Å²) < 4.78 is 5.65. The summed E-state index contributed by atoms with van der Waals surface area (Å²) >= 11 is 0. The minimum absolute atomic E-state index is 0.268. The Morgan fingerprint density at radius 3 is 2.26 bits per heavy atom. The molecule has 0 aromatic heterocycles. The lowest BCUT2D eigenvalue weighted by atomic mass is 10.1. The van der Waals surface area contributed by atoms with Crippen molar-refractivity contribution in [3.63, 3.8) is 0 Å². The predicted molar refractivity (Wildman–Crippen MR) is 75.0 cm³/mol. The van der Waals surface area contributed by atoms with E-state index in [1.54, 1.807) is 0 Å². The lowest BCUT2D eigenvalue weighted by Gasteiger charge is -2.07. The Morgan fingerprint density at radius 1 is 0.947 bits per heavy atom. The molecule has 0 bridgehead atoms. The van der Waals surface area contributed by atoms with Crippen molar-refractivity contribution in [2.75, 3.05) is 6.61 Å². The average Bonchev–Trinajstić information content (AvgIpc) is 2.41. The molecule has 0 radical (unpaired) electrons. The van der Waals surface area contributed by atoms with Crippen molar-refractivity contribution in [3.8, 4) is 5.75 Å². The molecule has 2 aromatic rings. The van der Waals surface area contributed by atoms with Crippen LogP contribution in [-0.2, 0) is 17.6 Å². The summed E-state index contributed by atoms with van der Waals surface area (Å²) in [6.45, 7) is 0.638. The number of amides is 1. The van der Waals surface area contributed by atoms with Gasteiger partial charge in [0.2, 0.25) is 5.91 Å². The molecule has 2 aromatic carbocycles. The van der Waals surface area contributed by atoms with Gasteiger partial charge in [0.05, 0.1) is 13.0 Å². The van der Waals surface area contributed by atoms with Crippen LogP contribution >= 0.6 is 0 Å². The summed E-state index contributed by atoms with van der Waals surface area (Å²) in [4.78, 5) is 10.8. The number of primary amides is 1. The maximum absolute atomic E-state index is 10.8. The number of nitrogens with two attached hydrogens (primary N) is 1. The third-order valence-corrected chi connectivity index (χ3v) is 2.80. The van der Waals surface area contributed by atoms with Crippen molar-refractivity contribution in [1.29, 1.82) is 0 Å². The summed E-state index contributed by atoms with van der Waals surface area (Å²) in [5.74, 6) is 0.488. The summed E-state index contributed by atoms with van der Waals surface area (Å²) in [6, 6.07) is 17.7. The van der Waals surface area contributed by atoms with Gasteiger partial charge in [0, 0.05) is 6.42 Å². The van der Waals surface area contributed by atoms with Crippen LogP contribution in [0.15, 0.2) is 54.6 Å². The van der Waals surface area contributed by atoms with E-state index < -0.39 is 0 Å². The summed E-state index contributed by atoms with van der Waals surface area (Å²) in [5.41, 5.74) is 7.30. The van der Waals surface area contributed by atoms with Gasteiger partial charge in [-0.1, -0.05) is 42.5 Å². The first-order chi connectivity index (χ1) is 9.24. The van der Waals surface area contributed by atoms with Gasteiger partial charge in [-0.2, -0.15) is 0 Å². The van der Waals surface area contributed by atoms with Crippen LogP contribution < -0.4 is 10.5 Å². The van der Waals surface area contributed by atoms with E-state index in [0.717, 1.165) is 17.7 Å². The first-order valence-electron chi connectivity index (χ1n) is 6.28. The van der Waals surface area contributed by atoms with Crippen molar-refractivity contribution in [1.82, 2.24) is 0 Å². The lowest BCUT2D eigenvalue weighted by Crippen LogP contribution is -2.13. The van der Waals surface area contributed by atoms with Crippen LogP contribution in [0.1, 0.15) is 11.1 Å². The highest BCUT2D eigenvalue weighted by atomic mass is 16.5. The Morgan fingerprint density at radius 2 is 1.63 bits per heavy atom. The Hall–Kier alpha value is -2.29. The maximum atomic E-state index is 10.8. The van der Waals surface area contributed by atoms with Gasteiger partial charge >= 0.3 is 0 Å². The largest absolute Gasteiger partial charge is 0.493 e. The fourth-order valence-corrected chi connectivity index (χ4v) is 1.84. The zero-order chi connectivity index (χ0) is 13.5. The van der Waals surface area contributed by atoms with Gasteiger partial charge in [-0.25, -0.2) is 0 Å². The topological polar surface area (TPSA) is 52.3 Å². The van der Waals surface area contributed by atoms with Crippen LogP contribution in [0.2, 0.25) is 0 Å². The molecule has 0 saturated carbocycles. The Bertz CT molecular complexity index is 520. The highest BCUT2D eigenvalue weighted by Crippen LogP contribution is 2.13. The molecule has 2 N–H and O–H groups in total. The van der Waals surface area contributed by atoms with E-state index in [1.165, 1.54) is 5.56 Å². The van der Waals surface area contributed by atoms with Crippen LogP contribution in [0.4, 0.5) is 0 Å². The van der Waals surface area contributed by atoms with E-state index in [9.17, 15) is 4.79 Å². The van der Waals surface area contributed by atoms with Gasteiger partial charge in [0.25, 0.3) is 0 Å². The van der Waals surface area contributed by atoms with Crippen molar-refractivity contribution in [2.45, 2.75) is 12.8 Å². The smallest absolute Gasteiger partial charge is 0.221 e. The van der Waals surface area contributed by atoms with Gasteiger partial charge in [0.1, 0.15) is 5.75 Å². The van der Waals surface area contributed by atoms with E-state index in [4.69, 9.17) is 10.5 Å². The maximum Gasteiger partial charge on any atom is 0.221 e. The molecule has 2 rings (SSSR count). The normalized spacial score (nSPS) is 10.1. The molecule has 0 fully saturated rings. The van der Waals surface area contributed by atoms with Crippen LogP contribution in [0.3, 0.4) is 0 Å². The lowest BCUT2D eigenvalue weighted by molar-refractivity contribution is -0.117. The van der Waals surface area contributed by atoms with Crippen LogP contribution in [0.5, 0.6) is 5.75 Å². The molecular weight excluding hydrogens is 238 g/mol. The third kappa shape index (κ3) is 4.47. The zero-order valence-corrected chi connectivity index (χ0v) is 10.7. The summed E-state index contributed by atoms with van der Waals surface area (Å²) in [5, 5.41) is 0. The Balaban J connectivity index is 1.81. The first kappa shape index (κ1) is 13.1. The molecule has 0 aliphatic carbocycles. The van der Waals surface area contributed by atoms with Crippen molar-refractivity contribution in [3.05, 3.63) is 65.7 Å². The summed E-state index contributed by atoms with van der Waals surface area (Å²) in [6.07, 6.45) is 1.15. The molecule has 0 heterocycles. The minimum atomic E-state index is -0.322. The second-order valence-corrected chi connectivity index (χ2v) is 4.37. The molecule has 3 heteroatoms. The molecule has 3 nitrogen and oxygen atoms in total. The number of rotatable bonds is 6. The molecule has 0 aliphatic heterocycles. The number of benzene rings is 2. The minimum Gasteiger partial charge on any atom is -0.493 e. The number of hydrogen-bond acceptors (Lipinski definition) is 2. The number of carbonyl (C=O) groups is 1. The standard InChI is InChI=1S/C16H17NO2/c17-16(18)12-14-6-8-15(9-7-14)19-11-10-13-4-2-1-3-5-13/h1-9H,10-12H2,(H2,17,18). The molecule has 19 heavy (non-hydrogen) atoms. The molecule has 0 spiro atoms. The highest BCUT2D eigenvalue weighted by molar-refractivity contribution is 5.76. The first-order valence-corrected chi connectivity index (χ1v) is 6.28. The third-order valence-electron chi connectivity index (χ3n) is 2.80. The van der Waals surface area contributed by atoms with Crippen molar-refractivity contribution < 1.29 is 9.53 Å². The van der Waals surface area contributed by atoms with Gasteiger partial charge in [-0.05, 0) is 23.3 Å². The molecule has 0 aliphatic rings. The van der Waals surface area contributed by atoms with Gasteiger partial charge in [-0.3, -0.25) is 4.79 Å². The van der Waals surface area contributed by atoms with Crippen LogP contribution in [0.25, 0.3) is 0 Å². The molecule has 98 valence electrons. The molecule has 0 atom stereocenters. The van der Waals surface area contributed by atoms with E-state index in [2.05, 4.69) is 12.1 Å². The predicted octanol–water partition coefficient (Wildman–Crippen LogP) is 2.34. The van der Waals surface area contributed by atoms with E-state index in [1.807, 2.05) is 42.5 Å². The molecule has 0 unspecified atom stereocenters. The SMILES string of the molecule is NC(=O)Cc1ccc(OCCc2ccccc2)cc1. The number of ether oxygens (including phenoxy) is 1. The van der Waals surface area contributed by atoms with E-state index in [-0.39, 0.29) is 12.3 Å². The Labute approximate surface area is 113 Å². The van der Waals surface area contributed by atoms with Crippen molar-refractivity contribution >= 4 is 5.91 Å². The Kier molecular flexibility index (Phi) is 4.56. The quantitative estimate of drug-likeness (QED) is 0.861. The van der Waals surface area contributed by atoms with Gasteiger partial charge in [-0.15, -0.1) is 0 Å². The number of carbonyl (C=O) groups excluding carboxylic acids is 1. The summed E-state index contributed by atoms with van der Waals surface area (Å²) in [7, 11) is 0. The fraction of sp³-hybridized carbons (Fsp3) is 0.188.